The highest BCUT2D eigenvalue weighted by Crippen LogP contribution is 2.28. The maximum atomic E-state index is 12.7. The number of nitrogens with zero attached hydrogens (tertiary/aromatic N) is 2. The lowest BCUT2D eigenvalue weighted by Gasteiger charge is -2.25. The van der Waals surface area contributed by atoms with Gasteiger partial charge in [0.05, 0.1) is 11.9 Å². The molecule has 0 saturated carbocycles. The first-order valence-electron chi connectivity index (χ1n) is 9.20. The van der Waals surface area contributed by atoms with Gasteiger partial charge in [0, 0.05) is 25.2 Å². The Kier molecular flexibility index (Phi) is 5.56. The fourth-order valence-corrected chi connectivity index (χ4v) is 4.57. The van der Waals surface area contributed by atoms with Gasteiger partial charge in [0.2, 0.25) is 15.9 Å². The molecule has 1 aliphatic rings. The highest BCUT2D eigenvalue weighted by molar-refractivity contribution is 7.92. The van der Waals surface area contributed by atoms with Crippen LogP contribution in [0, 0.1) is 13.8 Å². The van der Waals surface area contributed by atoms with Crippen LogP contribution in [-0.2, 0) is 21.2 Å². The second-order valence-corrected chi connectivity index (χ2v) is 9.06. The van der Waals surface area contributed by atoms with Crippen LogP contribution in [0.5, 0.6) is 0 Å². The second-order valence-electron chi connectivity index (χ2n) is 7.15. The summed E-state index contributed by atoms with van der Waals surface area (Å²) < 4.78 is 26.1. The van der Waals surface area contributed by atoms with Crippen LogP contribution in [0.3, 0.4) is 0 Å². The number of amides is 1. The zero-order valence-corrected chi connectivity index (χ0v) is 16.9. The molecule has 3 rings (SSSR count). The van der Waals surface area contributed by atoms with E-state index >= 15 is 0 Å². The van der Waals surface area contributed by atoms with Crippen molar-refractivity contribution in [3.8, 4) is 0 Å². The van der Waals surface area contributed by atoms with Crippen LogP contribution < -0.4 is 9.21 Å². The van der Waals surface area contributed by atoms with Crippen molar-refractivity contribution in [2.24, 2.45) is 0 Å². The lowest BCUT2D eigenvalue weighted by molar-refractivity contribution is -0.118. The quantitative estimate of drug-likeness (QED) is 0.764. The summed E-state index contributed by atoms with van der Waals surface area (Å²) in [5.41, 5.74) is 4.78. The minimum atomic E-state index is -3.41. The van der Waals surface area contributed by atoms with E-state index in [0.717, 1.165) is 23.2 Å². The minimum absolute atomic E-state index is 0.0503. The Labute approximate surface area is 161 Å². The van der Waals surface area contributed by atoms with Gasteiger partial charge in [-0.1, -0.05) is 30.3 Å². The summed E-state index contributed by atoms with van der Waals surface area (Å²) in [4.78, 5) is 14.5. The molecule has 0 spiro atoms. The summed E-state index contributed by atoms with van der Waals surface area (Å²) >= 11 is 0. The van der Waals surface area contributed by atoms with Gasteiger partial charge < -0.3 is 4.90 Å². The van der Waals surface area contributed by atoms with E-state index in [0.29, 0.717) is 31.6 Å². The number of anilines is 2. The number of fused-ring (bicyclic) bond motifs is 1. The summed E-state index contributed by atoms with van der Waals surface area (Å²) in [6, 6.07) is 13.7. The Balaban J connectivity index is 1.69. The molecule has 1 heterocycles. The largest absolute Gasteiger partial charge is 0.312 e. The van der Waals surface area contributed by atoms with Gasteiger partial charge in [-0.05, 0) is 55.5 Å². The van der Waals surface area contributed by atoms with Gasteiger partial charge in [-0.3, -0.25) is 9.10 Å². The molecular weight excluding hydrogens is 360 g/mol. The standard InChI is InChI=1S/C21H26N2O3S/c1-16-10-11-17(2)20(15-16)23(27(3,25)26)13-6-9-21(24)22-14-12-18-7-4-5-8-19(18)22/h4-5,7-8,10-11,15H,6,9,12-14H2,1-3H3. The van der Waals surface area contributed by atoms with Gasteiger partial charge in [-0.2, -0.15) is 0 Å². The highest BCUT2D eigenvalue weighted by atomic mass is 32.2. The van der Waals surface area contributed by atoms with Crippen molar-refractivity contribution in [1.82, 2.24) is 0 Å². The van der Waals surface area contributed by atoms with E-state index in [4.69, 9.17) is 0 Å². The van der Waals surface area contributed by atoms with Crippen molar-refractivity contribution in [3.63, 3.8) is 0 Å². The molecule has 27 heavy (non-hydrogen) atoms. The molecule has 0 fully saturated rings. The van der Waals surface area contributed by atoms with Crippen LogP contribution in [0.2, 0.25) is 0 Å². The first-order valence-corrected chi connectivity index (χ1v) is 11.1. The Morgan fingerprint density at radius 1 is 1.15 bits per heavy atom. The molecule has 2 aromatic carbocycles. The molecule has 0 saturated heterocycles. The molecule has 0 atom stereocenters. The SMILES string of the molecule is Cc1ccc(C)c(N(CCCC(=O)N2CCc3ccccc32)S(C)(=O)=O)c1. The Morgan fingerprint density at radius 3 is 2.63 bits per heavy atom. The maximum Gasteiger partial charge on any atom is 0.232 e. The number of benzene rings is 2. The van der Waals surface area contributed by atoms with Crippen molar-refractivity contribution in [2.45, 2.75) is 33.1 Å². The van der Waals surface area contributed by atoms with Crippen LogP contribution in [0.25, 0.3) is 0 Å². The molecule has 0 unspecified atom stereocenters. The van der Waals surface area contributed by atoms with E-state index in [2.05, 4.69) is 6.07 Å². The molecule has 0 aliphatic carbocycles. The smallest absolute Gasteiger partial charge is 0.232 e. The number of carbonyl (C=O) groups excluding carboxylic acids is 1. The molecule has 6 heteroatoms. The maximum absolute atomic E-state index is 12.7. The van der Waals surface area contributed by atoms with Gasteiger partial charge >= 0.3 is 0 Å². The summed E-state index contributed by atoms with van der Waals surface area (Å²) in [5, 5.41) is 0. The average Bonchev–Trinajstić information content (AvgIpc) is 3.04. The molecule has 1 aliphatic heterocycles. The highest BCUT2D eigenvalue weighted by Gasteiger charge is 2.25. The summed E-state index contributed by atoms with van der Waals surface area (Å²) in [6.07, 6.45) is 2.90. The molecule has 0 bridgehead atoms. The monoisotopic (exact) mass is 386 g/mol. The average molecular weight is 387 g/mol. The molecule has 0 N–H and O–H groups in total. The van der Waals surface area contributed by atoms with E-state index < -0.39 is 10.0 Å². The zero-order chi connectivity index (χ0) is 19.6. The van der Waals surface area contributed by atoms with Crippen molar-refractivity contribution >= 4 is 27.3 Å². The Bertz CT molecular complexity index is 954. The van der Waals surface area contributed by atoms with Crippen LogP contribution in [0.4, 0.5) is 11.4 Å². The van der Waals surface area contributed by atoms with E-state index in [9.17, 15) is 13.2 Å². The van der Waals surface area contributed by atoms with Crippen LogP contribution >= 0.6 is 0 Å². The summed E-state index contributed by atoms with van der Waals surface area (Å²) in [6.45, 7) is 4.84. The van der Waals surface area contributed by atoms with Crippen LogP contribution in [-0.4, -0.2) is 33.7 Å². The number of para-hydroxylation sites is 1. The van der Waals surface area contributed by atoms with Gasteiger partial charge in [0.25, 0.3) is 0 Å². The molecular formula is C21H26N2O3S. The Hall–Kier alpha value is -2.34. The van der Waals surface area contributed by atoms with Crippen molar-refractivity contribution in [1.29, 1.82) is 0 Å². The van der Waals surface area contributed by atoms with Crippen molar-refractivity contribution < 1.29 is 13.2 Å². The molecule has 144 valence electrons. The van der Waals surface area contributed by atoms with Gasteiger partial charge in [-0.15, -0.1) is 0 Å². The van der Waals surface area contributed by atoms with Crippen molar-refractivity contribution in [2.75, 3.05) is 28.6 Å². The van der Waals surface area contributed by atoms with Gasteiger partial charge in [0.1, 0.15) is 0 Å². The summed E-state index contributed by atoms with van der Waals surface area (Å²) in [5.74, 6) is 0.0503. The van der Waals surface area contributed by atoms with Crippen LogP contribution in [0.15, 0.2) is 42.5 Å². The van der Waals surface area contributed by atoms with Gasteiger partial charge in [0.15, 0.2) is 0 Å². The second kappa shape index (κ2) is 7.72. The molecule has 0 aromatic heterocycles. The number of carbonyl (C=O) groups is 1. The topological polar surface area (TPSA) is 57.7 Å². The third kappa shape index (κ3) is 4.33. The van der Waals surface area contributed by atoms with E-state index in [1.165, 1.54) is 16.1 Å². The normalized spacial score (nSPS) is 13.5. The lowest BCUT2D eigenvalue weighted by atomic mass is 10.1. The van der Waals surface area contributed by atoms with E-state index in [1.807, 2.05) is 55.1 Å². The number of hydrogen-bond acceptors (Lipinski definition) is 3. The number of sulfonamides is 1. The fourth-order valence-electron chi connectivity index (χ4n) is 3.56. The third-order valence-electron chi connectivity index (χ3n) is 4.97. The number of aryl methyl sites for hydroxylation is 2. The predicted octanol–water partition coefficient (Wildman–Crippen LogP) is 3.44. The first kappa shape index (κ1) is 19.4. The number of hydrogen-bond donors (Lipinski definition) is 0. The zero-order valence-electron chi connectivity index (χ0n) is 16.1. The fraction of sp³-hybridized carbons (Fsp3) is 0.381. The molecule has 1 amide bonds. The third-order valence-corrected chi connectivity index (χ3v) is 6.15. The summed E-state index contributed by atoms with van der Waals surface area (Å²) in [7, 11) is -3.41. The number of rotatable bonds is 6. The Morgan fingerprint density at radius 2 is 1.89 bits per heavy atom. The first-order chi connectivity index (χ1) is 12.8. The van der Waals surface area contributed by atoms with Crippen LogP contribution in [0.1, 0.15) is 29.5 Å². The molecule has 5 nitrogen and oxygen atoms in total. The minimum Gasteiger partial charge on any atom is -0.312 e. The van der Waals surface area contributed by atoms with E-state index in [-0.39, 0.29) is 5.91 Å². The lowest BCUT2D eigenvalue weighted by Crippen LogP contribution is -2.33. The van der Waals surface area contributed by atoms with Crippen molar-refractivity contribution in [3.05, 3.63) is 59.2 Å². The molecule has 2 aromatic rings. The van der Waals surface area contributed by atoms with E-state index in [1.54, 1.807) is 0 Å². The predicted molar refractivity (Wildman–Crippen MR) is 110 cm³/mol. The molecule has 0 radical (unpaired) electrons. The van der Waals surface area contributed by atoms with Gasteiger partial charge in [-0.25, -0.2) is 8.42 Å².